The zero-order chi connectivity index (χ0) is 21.7. The van der Waals surface area contributed by atoms with Crippen LogP contribution in [0.2, 0.25) is 0 Å². The Bertz CT molecular complexity index is 1100. The number of rotatable bonds is 2. The van der Waals surface area contributed by atoms with Crippen LogP contribution < -0.4 is 16.4 Å². The molecule has 0 bridgehead atoms. The molecule has 1 aliphatic heterocycles. The van der Waals surface area contributed by atoms with E-state index in [1.54, 1.807) is 0 Å². The van der Waals surface area contributed by atoms with E-state index in [4.69, 9.17) is 5.73 Å². The number of urea groups is 1. The third-order valence-corrected chi connectivity index (χ3v) is 4.80. The summed E-state index contributed by atoms with van der Waals surface area (Å²) in [5, 5.41) is 4.04. The molecule has 0 spiro atoms. The van der Waals surface area contributed by atoms with Crippen LogP contribution in [0.1, 0.15) is 29.7 Å². The van der Waals surface area contributed by atoms with Crippen molar-refractivity contribution < 1.29 is 26.7 Å². The number of alkyl halides is 3. The summed E-state index contributed by atoms with van der Waals surface area (Å²) in [5.74, 6) is 2.31. The predicted octanol–water partition coefficient (Wildman–Crippen LogP) is 3.23. The van der Waals surface area contributed by atoms with E-state index in [1.807, 2.05) is 5.32 Å². The first-order chi connectivity index (χ1) is 14.1. The number of nitrogens with one attached hydrogen (secondary N) is 2. The Morgan fingerprint density at radius 2 is 1.97 bits per heavy atom. The molecule has 1 fully saturated rings. The quantitative estimate of drug-likeness (QED) is 0.511. The van der Waals surface area contributed by atoms with E-state index < -0.39 is 41.4 Å². The van der Waals surface area contributed by atoms with Crippen molar-refractivity contribution in [2.45, 2.75) is 31.0 Å². The Kier molecular flexibility index (Phi) is 4.52. The number of nitrogens with zero attached hydrogens (tertiary/aromatic N) is 2. The number of nitrogen functional groups attached to an aromatic ring is 1. The number of hydrogen-bond donors (Lipinski definition) is 3. The van der Waals surface area contributed by atoms with Gasteiger partial charge in [0, 0.05) is 23.6 Å². The average molecular weight is 423 g/mol. The Morgan fingerprint density at radius 1 is 1.23 bits per heavy atom. The maximum absolute atomic E-state index is 14.8. The van der Waals surface area contributed by atoms with Gasteiger partial charge in [-0.25, -0.2) is 23.5 Å². The van der Waals surface area contributed by atoms with Gasteiger partial charge in [0.05, 0.1) is 11.9 Å². The van der Waals surface area contributed by atoms with Gasteiger partial charge in [0.15, 0.2) is 5.82 Å². The molecule has 0 saturated heterocycles. The molecule has 1 atom stereocenters. The van der Waals surface area contributed by atoms with Crippen LogP contribution in [0.3, 0.4) is 0 Å². The minimum Gasteiger partial charge on any atom is -0.368 e. The summed E-state index contributed by atoms with van der Waals surface area (Å²) >= 11 is 0. The van der Waals surface area contributed by atoms with Gasteiger partial charge in [0.25, 0.3) is 0 Å². The lowest BCUT2D eigenvalue weighted by Gasteiger charge is -2.37. The van der Waals surface area contributed by atoms with Gasteiger partial charge in [0.1, 0.15) is 5.82 Å². The molecule has 0 radical (unpaired) electrons. The van der Waals surface area contributed by atoms with Crippen molar-refractivity contribution in [1.82, 2.24) is 15.3 Å². The standard InChI is InChI=1S/C19H14F5N5O/c20-12-7-11-14(5-10(12)6-15-13(21)8-26-16(25)27-15)28-17(30)29-18(11,19(22,23)24)4-3-9-1-2-9/h5,7-9H,1-2,6H2,(H2,25,26,27)(H2,28,29,30)/t18-/m0/s1. The monoisotopic (exact) mass is 423 g/mol. The van der Waals surface area contributed by atoms with Gasteiger partial charge in [-0.1, -0.05) is 11.8 Å². The molecular formula is C19H14F5N5O. The lowest BCUT2D eigenvalue weighted by Crippen LogP contribution is -2.59. The maximum atomic E-state index is 14.8. The van der Waals surface area contributed by atoms with Gasteiger partial charge >= 0.3 is 12.2 Å². The molecule has 0 unspecified atom stereocenters. The first kappa shape index (κ1) is 19.9. The van der Waals surface area contributed by atoms with Crippen molar-refractivity contribution >= 4 is 17.7 Å². The molecule has 1 aromatic heterocycles. The largest absolute Gasteiger partial charge is 0.427 e. The molecule has 30 heavy (non-hydrogen) atoms. The topological polar surface area (TPSA) is 92.9 Å². The van der Waals surface area contributed by atoms with Crippen LogP contribution in [0.25, 0.3) is 0 Å². The van der Waals surface area contributed by atoms with E-state index in [1.165, 1.54) is 0 Å². The molecule has 4 N–H and O–H groups in total. The second-order valence-electron chi connectivity index (χ2n) is 7.06. The number of benzene rings is 1. The fraction of sp³-hybridized carbons (Fsp3) is 0.316. The molecule has 6 nitrogen and oxygen atoms in total. The van der Waals surface area contributed by atoms with Crippen molar-refractivity contribution in [3.8, 4) is 11.8 Å². The van der Waals surface area contributed by atoms with E-state index >= 15 is 0 Å². The Morgan fingerprint density at radius 3 is 2.63 bits per heavy atom. The third kappa shape index (κ3) is 3.49. The molecule has 156 valence electrons. The summed E-state index contributed by atoms with van der Waals surface area (Å²) < 4.78 is 70.8. The van der Waals surface area contributed by atoms with E-state index in [-0.39, 0.29) is 28.8 Å². The molecule has 2 amide bonds. The zero-order valence-corrected chi connectivity index (χ0v) is 15.2. The highest BCUT2D eigenvalue weighted by Gasteiger charge is 2.59. The van der Waals surface area contributed by atoms with Crippen LogP contribution in [0.5, 0.6) is 0 Å². The second-order valence-corrected chi connectivity index (χ2v) is 7.06. The summed E-state index contributed by atoms with van der Waals surface area (Å²) in [7, 11) is 0. The Labute approximate surface area is 167 Å². The molecule has 2 aliphatic rings. The maximum Gasteiger partial charge on any atom is 0.427 e. The minimum atomic E-state index is -5.01. The van der Waals surface area contributed by atoms with Crippen molar-refractivity contribution in [2.24, 2.45) is 5.92 Å². The lowest BCUT2D eigenvalue weighted by atomic mass is 9.85. The number of anilines is 2. The van der Waals surface area contributed by atoms with Crippen LogP contribution in [0, 0.1) is 29.4 Å². The van der Waals surface area contributed by atoms with Crippen molar-refractivity contribution in [3.63, 3.8) is 0 Å². The van der Waals surface area contributed by atoms with Crippen molar-refractivity contribution in [1.29, 1.82) is 0 Å². The average Bonchev–Trinajstić information content (AvgIpc) is 3.47. The molecule has 1 aliphatic carbocycles. The van der Waals surface area contributed by atoms with E-state index in [0.717, 1.165) is 12.3 Å². The highest BCUT2D eigenvalue weighted by atomic mass is 19.4. The number of halogens is 5. The fourth-order valence-electron chi connectivity index (χ4n) is 3.11. The van der Waals surface area contributed by atoms with Gasteiger partial charge < -0.3 is 16.4 Å². The van der Waals surface area contributed by atoms with Crippen molar-refractivity contribution in [3.05, 3.63) is 46.8 Å². The minimum absolute atomic E-state index is 0.181. The number of carbonyl (C=O) groups excluding carboxylic acids is 1. The first-order valence-electron chi connectivity index (χ1n) is 8.87. The smallest absolute Gasteiger partial charge is 0.368 e. The summed E-state index contributed by atoms with van der Waals surface area (Å²) in [6.45, 7) is 0. The number of amides is 2. The first-order valence-corrected chi connectivity index (χ1v) is 8.87. The van der Waals surface area contributed by atoms with Gasteiger partial charge in [-0.3, -0.25) is 0 Å². The number of hydrogen-bond acceptors (Lipinski definition) is 4. The molecule has 1 saturated carbocycles. The summed E-state index contributed by atoms with van der Waals surface area (Å²) in [4.78, 5) is 19.2. The SMILES string of the molecule is Nc1ncc(F)c(Cc2cc3c(cc2F)[C@@](C#CC2CC2)(C(F)(F)F)NC(=O)N3)n1. The summed E-state index contributed by atoms with van der Waals surface area (Å²) in [5.41, 5.74) is 1.07. The highest BCUT2D eigenvalue weighted by molar-refractivity contribution is 5.95. The highest BCUT2D eigenvalue weighted by Crippen LogP contribution is 2.45. The molecular weight excluding hydrogens is 409 g/mol. The molecule has 2 heterocycles. The van der Waals surface area contributed by atoms with Crippen LogP contribution in [0.15, 0.2) is 18.3 Å². The van der Waals surface area contributed by atoms with Gasteiger partial charge in [-0.15, -0.1) is 0 Å². The van der Waals surface area contributed by atoms with Crippen LogP contribution in [-0.4, -0.2) is 22.2 Å². The fourth-order valence-corrected chi connectivity index (χ4v) is 3.11. The second kappa shape index (κ2) is 6.83. The van der Waals surface area contributed by atoms with Crippen molar-refractivity contribution in [2.75, 3.05) is 11.1 Å². The molecule has 2 aromatic rings. The van der Waals surface area contributed by atoms with Gasteiger partial charge in [-0.05, 0) is 30.5 Å². The normalized spacial score (nSPS) is 20.5. The number of nitrogens with two attached hydrogens (primary N) is 1. The number of fused-ring (bicyclic) bond motifs is 1. The summed E-state index contributed by atoms with van der Waals surface area (Å²) in [6.07, 6.45) is -3.28. The molecule has 1 aromatic carbocycles. The lowest BCUT2D eigenvalue weighted by molar-refractivity contribution is -0.178. The van der Waals surface area contributed by atoms with Crippen LogP contribution in [-0.2, 0) is 12.0 Å². The third-order valence-electron chi connectivity index (χ3n) is 4.80. The van der Waals surface area contributed by atoms with Crippen LogP contribution >= 0.6 is 0 Å². The van der Waals surface area contributed by atoms with E-state index in [0.29, 0.717) is 18.9 Å². The Hall–Kier alpha value is -3.42. The van der Waals surface area contributed by atoms with Crippen LogP contribution in [0.4, 0.5) is 38.4 Å². The number of aromatic nitrogens is 2. The zero-order valence-electron chi connectivity index (χ0n) is 15.2. The number of carbonyl (C=O) groups is 1. The van der Waals surface area contributed by atoms with E-state index in [2.05, 4.69) is 27.1 Å². The molecule has 4 rings (SSSR count). The predicted molar refractivity (Wildman–Crippen MR) is 96.0 cm³/mol. The van der Waals surface area contributed by atoms with Gasteiger partial charge in [-0.2, -0.15) is 13.2 Å². The van der Waals surface area contributed by atoms with Gasteiger partial charge in [0.2, 0.25) is 11.5 Å². The molecule has 11 heteroatoms. The summed E-state index contributed by atoms with van der Waals surface area (Å²) in [6, 6.07) is 0.523. The Balaban J connectivity index is 1.83. The van der Waals surface area contributed by atoms with E-state index in [9.17, 15) is 26.7 Å².